The molecule has 0 saturated carbocycles. The van der Waals surface area contributed by atoms with Crippen LogP contribution in [0.2, 0.25) is 0 Å². The number of rotatable bonds is 2. The number of carbonyl (C=O) groups is 1. The van der Waals surface area contributed by atoms with E-state index in [2.05, 4.69) is 32.4 Å². The predicted molar refractivity (Wildman–Crippen MR) is 99.2 cm³/mol. The van der Waals surface area contributed by atoms with Crippen molar-refractivity contribution in [3.05, 3.63) is 0 Å². The summed E-state index contributed by atoms with van der Waals surface area (Å²) in [4.78, 5) is 14.1. The van der Waals surface area contributed by atoms with E-state index < -0.39 is 5.60 Å². The standard InChI is InChI=1S/C18H34N2O3S/c1-13-14(19-24-17(5,6)7)18(12-22-13)8-10-20(11-9-18)15(21)23-16(2,3)4/h13-14,19H,8-12H2,1-7H3. The van der Waals surface area contributed by atoms with Crippen molar-refractivity contribution in [2.24, 2.45) is 5.41 Å². The highest BCUT2D eigenvalue weighted by molar-refractivity contribution is 7.98. The van der Waals surface area contributed by atoms with Crippen LogP contribution < -0.4 is 4.72 Å². The average Bonchev–Trinajstić information content (AvgIpc) is 2.71. The maximum atomic E-state index is 12.3. The van der Waals surface area contributed by atoms with Crippen molar-refractivity contribution in [1.29, 1.82) is 0 Å². The summed E-state index contributed by atoms with van der Waals surface area (Å²) in [6.07, 6.45) is 1.92. The zero-order valence-corrected chi connectivity index (χ0v) is 17.1. The highest BCUT2D eigenvalue weighted by atomic mass is 32.2. The average molecular weight is 359 g/mol. The number of nitrogens with zero attached hydrogens (tertiary/aromatic N) is 1. The lowest BCUT2D eigenvalue weighted by atomic mass is 9.73. The first-order valence-electron chi connectivity index (χ1n) is 8.95. The van der Waals surface area contributed by atoms with Gasteiger partial charge in [0.2, 0.25) is 0 Å². The Bertz CT molecular complexity index is 448. The molecule has 2 fully saturated rings. The Balaban J connectivity index is 1.96. The lowest BCUT2D eigenvalue weighted by molar-refractivity contribution is 0.00653. The number of nitrogens with one attached hydrogen (secondary N) is 1. The topological polar surface area (TPSA) is 50.8 Å². The van der Waals surface area contributed by atoms with Gasteiger partial charge in [0.05, 0.1) is 18.8 Å². The number of amides is 1. The Morgan fingerprint density at radius 2 is 1.79 bits per heavy atom. The fraction of sp³-hybridized carbons (Fsp3) is 0.944. The zero-order chi connectivity index (χ0) is 18.2. The highest BCUT2D eigenvalue weighted by Gasteiger charge is 2.50. The number of ether oxygens (including phenoxy) is 2. The number of carbonyl (C=O) groups excluding carboxylic acids is 1. The van der Waals surface area contributed by atoms with E-state index in [1.165, 1.54) is 0 Å². The Kier molecular flexibility index (Phi) is 5.83. The molecule has 1 amide bonds. The summed E-state index contributed by atoms with van der Waals surface area (Å²) in [6.45, 7) is 16.8. The molecule has 2 aliphatic rings. The van der Waals surface area contributed by atoms with Crippen LogP contribution in [0.3, 0.4) is 0 Å². The predicted octanol–water partition coefficient (Wildman–Crippen LogP) is 3.83. The smallest absolute Gasteiger partial charge is 0.410 e. The minimum atomic E-state index is -0.440. The van der Waals surface area contributed by atoms with Crippen LogP contribution in [0.1, 0.15) is 61.3 Å². The van der Waals surface area contributed by atoms with Crippen molar-refractivity contribution < 1.29 is 14.3 Å². The van der Waals surface area contributed by atoms with Crippen LogP contribution in [0.15, 0.2) is 0 Å². The van der Waals surface area contributed by atoms with Crippen LogP contribution >= 0.6 is 11.9 Å². The Hall–Kier alpha value is -0.460. The summed E-state index contributed by atoms with van der Waals surface area (Å²) in [5.74, 6) is 0. The van der Waals surface area contributed by atoms with Crippen molar-refractivity contribution in [2.45, 2.75) is 83.8 Å². The van der Waals surface area contributed by atoms with Gasteiger partial charge in [0.1, 0.15) is 5.60 Å². The molecule has 2 saturated heterocycles. The second-order valence-electron chi connectivity index (χ2n) is 9.16. The molecule has 6 heteroatoms. The molecule has 140 valence electrons. The van der Waals surface area contributed by atoms with Gasteiger partial charge in [-0.3, -0.25) is 4.72 Å². The summed E-state index contributed by atoms with van der Waals surface area (Å²) >= 11 is 1.78. The van der Waals surface area contributed by atoms with E-state index in [0.29, 0.717) is 6.04 Å². The molecule has 0 aromatic heterocycles. The normalized spacial score (nSPS) is 27.5. The maximum absolute atomic E-state index is 12.3. The molecule has 1 N–H and O–H groups in total. The highest BCUT2D eigenvalue weighted by Crippen LogP contribution is 2.43. The van der Waals surface area contributed by atoms with Gasteiger partial charge in [-0.15, -0.1) is 0 Å². The Morgan fingerprint density at radius 3 is 2.29 bits per heavy atom. The summed E-state index contributed by atoms with van der Waals surface area (Å²) in [5, 5.41) is 0. The molecule has 2 aliphatic heterocycles. The SMILES string of the molecule is CC1OCC2(CCN(C(=O)OC(C)(C)C)CC2)C1NSC(C)(C)C. The quantitative estimate of drug-likeness (QED) is 0.760. The van der Waals surface area contributed by atoms with Crippen molar-refractivity contribution in [2.75, 3.05) is 19.7 Å². The van der Waals surface area contributed by atoms with Crippen LogP contribution in [0.4, 0.5) is 4.79 Å². The first kappa shape index (κ1) is 19.9. The minimum absolute atomic E-state index is 0.121. The summed E-state index contributed by atoms with van der Waals surface area (Å²) in [6, 6.07) is 0.322. The molecule has 5 nitrogen and oxygen atoms in total. The van der Waals surface area contributed by atoms with Gasteiger partial charge < -0.3 is 14.4 Å². The van der Waals surface area contributed by atoms with Gasteiger partial charge in [-0.1, -0.05) is 11.9 Å². The Morgan fingerprint density at radius 1 is 1.21 bits per heavy atom. The molecule has 0 bridgehead atoms. The first-order chi connectivity index (χ1) is 10.9. The number of likely N-dealkylation sites (tertiary alicyclic amines) is 1. The molecule has 1 spiro atoms. The van der Waals surface area contributed by atoms with E-state index >= 15 is 0 Å². The molecular formula is C18H34N2O3S. The minimum Gasteiger partial charge on any atom is -0.444 e. The molecule has 2 unspecified atom stereocenters. The fourth-order valence-electron chi connectivity index (χ4n) is 3.36. The van der Waals surface area contributed by atoms with Crippen molar-refractivity contribution in [1.82, 2.24) is 9.62 Å². The van der Waals surface area contributed by atoms with Gasteiger partial charge in [0.25, 0.3) is 0 Å². The van der Waals surface area contributed by atoms with Crippen molar-refractivity contribution in [3.63, 3.8) is 0 Å². The van der Waals surface area contributed by atoms with Gasteiger partial charge >= 0.3 is 6.09 Å². The van der Waals surface area contributed by atoms with Gasteiger partial charge in [-0.2, -0.15) is 0 Å². The molecule has 0 aromatic carbocycles. The van der Waals surface area contributed by atoms with Crippen LogP contribution in [-0.2, 0) is 9.47 Å². The maximum Gasteiger partial charge on any atom is 0.410 e. The van der Waals surface area contributed by atoms with Gasteiger partial charge in [-0.05, 0) is 61.3 Å². The number of hydrogen-bond acceptors (Lipinski definition) is 5. The van der Waals surface area contributed by atoms with Crippen LogP contribution in [0, 0.1) is 5.41 Å². The molecule has 2 heterocycles. The summed E-state index contributed by atoms with van der Waals surface area (Å²) < 4.78 is 15.3. The summed E-state index contributed by atoms with van der Waals surface area (Å²) in [7, 11) is 0. The van der Waals surface area contributed by atoms with E-state index in [1.54, 1.807) is 11.9 Å². The van der Waals surface area contributed by atoms with E-state index in [0.717, 1.165) is 32.5 Å². The third-order valence-electron chi connectivity index (χ3n) is 4.67. The van der Waals surface area contributed by atoms with Gasteiger partial charge in [-0.25, -0.2) is 4.79 Å². The molecule has 0 aromatic rings. The molecule has 2 rings (SSSR count). The summed E-state index contributed by atoms with van der Waals surface area (Å²) in [5.41, 5.74) is -0.319. The van der Waals surface area contributed by atoms with E-state index in [1.807, 2.05) is 25.7 Å². The van der Waals surface area contributed by atoms with Crippen molar-refractivity contribution in [3.8, 4) is 0 Å². The van der Waals surface area contributed by atoms with E-state index in [-0.39, 0.29) is 22.4 Å². The first-order valence-corrected chi connectivity index (χ1v) is 9.77. The number of piperidine rings is 1. The lowest BCUT2D eigenvalue weighted by Gasteiger charge is -2.43. The van der Waals surface area contributed by atoms with Gasteiger partial charge in [0.15, 0.2) is 0 Å². The number of hydrogen-bond donors (Lipinski definition) is 1. The second-order valence-corrected chi connectivity index (χ2v) is 10.8. The van der Waals surface area contributed by atoms with Crippen LogP contribution in [-0.4, -0.2) is 53.2 Å². The zero-order valence-electron chi connectivity index (χ0n) is 16.3. The molecule has 2 atom stereocenters. The monoisotopic (exact) mass is 358 g/mol. The van der Waals surface area contributed by atoms with Crippen molar-refractivity contribution >= 4 is 18.0 Å². The molecule has 0 radical (unpaired) electrons. The molecule has 24 heavy (non-hydrogen) atoms. The van der Waals surface area contributed by atoms with Gasteiger partial charge in [0, 0.05) is 23.3 Å². The largest absolute Gasteiger partial charge is 0.444 e. The third kappa shape index (κ3) is 5.02. The second kappa shape index (κ2) is 7.04. The fourth-order valence-corrected chi connectivity index (χ4v) is 4.28. The Labute approximate surface area is 151 Å². The molecule has 0 aliphatic carbocycles. The molecular weight excluding hydrogens is 324 g/mol. The lowest BCUT2D eigenvalue weighted by Crippen LogP contribution is -2.53. The van der Waals surface area contributed by atoms with E-state index in [9.17, 15) is 4.79 Å². The van der Waals surface area contributed by atoms with Crippen LogP contribution in [0.25, 0.3) is 0 Å². The third-order valence-corrected chi connectivity index (χ3v) is 5.65. The van der Waals surface area contributed by atoms with Crippen LogP contribution in [0.5, 0.6) is 0 Å². The van der Waals surface area contributed by atoms with E-state index in [4.69, 9.17) is 9.47 Å².